The van der Waals surface area contributed by atoms with Crippen molar-refractivity contribution in [3.05, 3.63) is 59.7 Å². The van der Waals surface area contributed by atoms with Crippen molar-refractivity contribution in [3.8, 4) is 5.75 Å². The van der Waals surface area contributed by atoms with Gasteiger partial charge >= 0.3 is 6.36 Å². The van der Waals surface area contributed by atoms with Crippen LogP contribution < -0.4 is 10.1 Å². The van der Waals surface area contributed by atoms with Crippen LogP contribution in [-0.4, -0.2) is 12.3 Å². The van der Waals surface area contributed by atoms with Gasteiger partial charge in [-0.15, -0.1) is 13.2 Å². The van der Waals surface area contributed by atoms with Crippen LogP contribution in [0.4, 0.5) is 18.9 Å². The van der Waals surface area contributed by atoms with Gasteiger partial charge in [0.2, 0.25) is 5.91 Å². The average molecular weight is 323 g/mol. The number of amides is 1. The van der Waals surface area contributed by atoms with E-state index in [4.69, 9.17) is 0 Å². The largest absolute Gasteiger partial charge is 0.573 e. The molecule has 0 spiro atoms. The summed E-state index contributed by atoms with van der Waals surface area (Å²) < 4.78 is 39.9. The number of rotatable bonds is 5. The van der Waals surface area contributed by atoms with Crippen LogP contribution in [-0.2, 0) is 17.6 Å². The fourth-order valence-corrected chi connectivity index (χ4v) is 2.02. The number of hydrogen-bond acceptors (Lipinski definition) is 2. The summed E-state index contributed by atoms with van der Waals surface area (Å²) in [6, 6.07) is 12.7. The Kier molecular flexibility index (Phi) is 5.26. The zero-order chi connectivity index (χ0) is 16.9. The average Bonchev–Trinajstić information content (AvgIpc) is 2.48. The van der Waals surface area contributed by atoms with E-state index in [-0.39, 0.29) is 18.1 Å². The number of alkyl halides is 3. The third-order valence-corrected chi connectivity index (χ3v) is 3.17. The van der Waals surface area contributed by atoms with Gasteiger partial charge in [-0.05, 0) is 41.8 Å². The molecule has 0 heterocycles. The SMILES string of the molecule is CCc1ccc(CC(=O)Nc2ccc(OC(F)(F)F)cc2)cc1. The second-order valence-electron chi connectivity index (χ2n) is 4.97. The molecule has 0 aliphatic heterocycles. The summed E-state index contributed by atoms with van der Waals surface area (Å²) in [6.45, 7) is 2.05. The first-order chi connectivity index (χ1) is 10.9. The Morgan fingerprint density at radius 3 is 2.09 bits per heavy atom. The zero-order valence-electron chi connectivity index (χ0n) is 12.5. The van der Waals surface area contributed by atoms with E-state index >= 15 is 0 Å². The van der Waals surface area contributed by atoms with Gasteiger partial charge in [-0.2, -0.15) is 0 Å². The second kappa shape index (κ2) is 7.17. The molecule has 6 heteroatoms. The van der Waals surface area contributed by atoms with Crippen molar-refractivity contribution >= 4 is 11.6 Å². The van der Waals surface area contributed by atoms with Crippen molar-refractivity contribution in [2.45, 2.75) is 26.1 Å². The predicted molar refractivity (Wildman–Crippen MR) is 81.3 cm³/mol. The van der Waals surface area contributed by atoms with E-state index in [9.17, 15) is 18.0 Å². The summed E-state index contributed by atoms with van der Waals surface area (Å²) in [4.78, 5) is 11.9. The second-order valence-corrected chi connectivity index (χ2v) is 4.97. The van der Waals surface area contributed by atoms with Crippen LogP contribution in [0.2, 0.25) is 0 Å². The highest BCUT2D eigenvalue weighted by Gasteiger charge is 2.30. The molecule has 0 aliphatic carbocycles. The van der Waals surface area contributed by atoms with Crippen LogP contribution in [0.3, 0.4) is 0 Å². The minimum atomic E-state index is -4.73. The van der Waals surface area contributed by atoms with Gasteiger partial charge in [-0.1, -0.05) is 31.2 Å². The van der Waals surface area contributed by atoms with E-state index in [1.165, 1.54) is 17.7 Å². The summed E-state index contributed by atoms with van der Waals surface area (Å²) in [5.74, 6) is -0.565. The van der Waals surface area contributed by atoms with Gasteiger partial charge < -0.3 is 10.1 Å². The van der Waals surface area contributed by atoms with Crippen molar-refractivity contribution in [3.63, 3.8) is 0 Å². The normalized spacial score (nSPS) is 11.1. The summed E-state index contributed by atoms with van der Waals surface area (Å²) in [5.41, 5.74) is 2.47. The molecule has 122 valence electrons. The van der Waals surface area contributed by atoms with E-state index in [0.29, 0.717) is 5.69 Å². The third kappa shape index (κ3) is 5.65. The van der Waals surface area contributed by atoms with Crippen LogP contribution in [0.5, 0.6) is 5.75 Å². The number of benzene rings is 2. The highest BCUT2D eigenvalue weighted by Crippen LogP contribution is 2.24. The molecule has 0 unspecified atom stereocenters. The van der Waals surface area contributed by atoms with Crippen molar-refractivity contribution in [2.24, 2.45) is 0 Å². The smallest absolute Gasteiger partial charge is 0.406 e. The van der Waals surface area contributed by atoms with Gasteiger partial charge in [0, 0.05) is 5.69 Å². The Morgan fingerprint density at radius 1 is 1.00 bits per heavy atom. The number of aryl methyl sites for hydroxylation is 1. The maximum Gasteiger partial charge on any atom is 0.573 e. The van der Waals surface area contributed by atoms with Gasteiger partial charge in [0.1, 0.15) is 5.75 Å². The molecular formula is C17H16F3NO2. The zero-order valence-corrected chi connectivity index (χ0v) is 12.5. The van der Waals surface area contributed by atoms with Crippen molar-refractivity contribution in [1.29, 1.82) is 0 Å². The molecule has 0 atom stereocenters. The lowest BCUT2D eigenvalue weighted by molar-refractivity contribution is -0.274. The number of carbonyl (C=O) groups is 1. The lowest BCUT2D eigenvalue weighted by Crippen LogP contribution is -2.17. The molecule has 0 aromatic heterocycles. The summed E-state index contributed by atoms with van der Waals surface area (Å²) in [7, 11) is 0. The molecule has 23 heavy (non-hydrogen) atoms. The monoisotopic (exact) mass is 323 g/mol. The minimum absolute atomic E-state index is 0.199. The summed E-state index contributed by atoms with van der Waals surface area (Å²) in [6.07, 6.45) is -3.60. The lowest BCUT2D eigenvalue weighted by Gasteiger charge is -2.10. The molecule has 0 bridgehead atoms. The van der Waals surface area contributed by atoms with E-state index in [0.717, 1.165) is 24.1 Å². The third-order valence-electron chi connectivity index (χ3n) is 3.17. The molecule has 2 rings (SSSR count). The Morgan fingerprint density at radius 2 is 1.57 bits per heavy atom. The fraction of sp³-hybridized carbons (Fsp3) is 0.235. The molecule has 2 aromatic carbocycles. The van der Waals surface area contributed by atoms with Crippen LogP contribution in [0.25, 0.3) is 0 Å². The summed E-state index contributed by atoms with van der Waals surface area (Å²) in [5, 5.41) is 2.63. The number of anilines is 1. The highest BCUT2D eigenvalue weighted by atomic mass is 19.4. The van der Waals surface area contributed by atoms with Crippen LogP contribution in [0.15, 0.2) is 48.5 Å². The molecular weight excluding hydrogens is 307 g/mol. The van der Waals surface area contributed by atoms with Crippen molar-refractivity contribution in [1.82, 2.24) is 0 Å². The highest BCUT2D eigenvalue weighted by molar-refractivity contribution is 5.92. The van der Waals surface area contributed by atoms with Crippen molar-refractivity contribution in [2.75, 3.05) is 5.32 Å². The fourth-order valence-electron chi connectivity index (χ4n) is 2.02. The van der Waals surface area contributed by atoms with E-state index in [1.54, 1.807) is 0 Å². The Bertz CT molecular complexity index is 649. The molecule has 3 nitrogen and oxygen atoms in total. The molecule has 1 amide bonds. The van der Waals surface area contributed by atoms with Gasteiger partial charge in [0.15, 0.2) is 0 Å². The predicted octanol–water partition coefficient (Wildman–Crippen LogP) is 4.33. The first-order valence-electron chi connectivity index (χ1n) is 7.09. The van der Waals surface area contributed by atoms with E-state index in [2.05, 4.69) is 10.1 Å². The summed E-state index contributed by atoms with van der Waals surface area (Å²) >= 11 is 0. The first-order valence-corrected chi connectivity index (χ1v) is 7.09. The number of halogens is 3. The molecule has 0 saturated carbocycles. The van der Waals surface area contributed by atoms with Gasteiger partial charge in [-0.25, -0.2) is 0 Å². The number of nitrogens with one attached hydrogen (secondary N) is 1. The van der Waals surface area contributed by atoms with Gasteiger partial charge in [0.25, 0.3) is 0 Å². The quantitative estimate of drug-likeness (QED) is 0.889. The first kappa shape index (κ1) is 16.9. The maximum atomic E-state index is 12.1. The molecule has 0 radical (unpaired) electrons. The number of hydrogen-bond donors (Lipinski definition) is 1. The lowest BCUT2D eigenvalue weighted by atomic mass is 10.1. The number of carbonyl (C=O) groups excluding carboxylic acids is 1. The minimum Gasteiger partial charge on any atom is -0.406 e. The van der Waals surface area contributed by atoms with E-state index < -0.39 is 6.36 Å². The standard InChI is InChI=1S/C17H16F3NO2/c1-2-12-3-5-13(6-4-12)11-16(22)21-14-7-9-15(10-8-14)23-17(18,19)20/h3-10H,2,11H2,1H3,(H,21,22). The van der Waals surface area contributed by atoms with Gasteiger partial charge in [-0.3, -0.25) is 4.79 Å². The molecule has 0 aliphatic rings. The Balaban J connectivity index is 1.91. The van der Waals surface area contributed by atoms with Crippen LogP contribution in [0, 0.1) is 0 Å². The Hall–Kier alpha value is -2.50. The molecule has 1 N–H and O–H groups in total. The van der Waals surface area contributed by atoms with Crippen molar-refractivity contribution < 1.29 is 22.7 Å². The van der Waals surface area contributed by atoms with Crippen LogP contribution >= 0.6 is 0 Å². The van der Waals surface area contributed by atoms with Gasteiger partial charge in [0.05, 0.1) is 6.42 Å². The molecule has 0 saturated heterocycles. The molecule has 0 fully saturated rings. The topological polar surface area (TPSA) is 38.3 Å². The maximum absolute atomic E-state index is 12.1. The number of ether oxygens (including phenoxy) is 1. The Labute approximate surface area is 132 Å². The molecule has 2 aromatic rings. The van der Waals surface area contributed by atoms with E-state index in [1.807, 2.05) is 31.2 Å². The van der Waals surface area contributed by atoms with Crippen LogP contribution in [0.1, 0.15) is 18.1 Å².